The minimum absolute atomic E-state index is 0.907. The van der Waals surface area contributed by atoms with Gasteiger partial charge in [-0.3, -0.25) is 4.90 Å². The average Bonchev–Trinajstić information content (AvgIpc) is 2.78. The summed E-state index contributed by atoms with van der Waals surface area (Å²) in [6.07, 6.45) is 7.38. The van der Waals surface area contributed by atoms with Crippen molar-refractivity contribution in [3.05, 3.63) is 0 Å². The number of hydrogen-bond donors (Lipinski definition) is 0. The maximum atomic E-state index is 2.86. The standard InChI is InChI=1S/C11H20N2/c1-12-7-6-11(8-12)13-9-2-3-10(13)5-4-9/h9-11H,2-8H2,1H3/t9?,10?,11-/m1/s1. The van der Waals surface area contributed by atoms with Gasteiger partial charge in [0.15, 0.2) is 0 Å². The van der Waals surface area contributed by atoms with Crippen LogP contribution in [0.4, 0.5) is 0 Å². The highest BCUT2D eigenvalue weighted by atomic mass is 15.3. The van der Waals surface area contributed by atoms with Gasteiger partial charge in [0.05, 0.1) is 0 Å². The number of fused-ring (bicyclic) bond motifs is 2. The van der Waals surface area contributed by atoms with Gasteiger partial charge < -0.3 is 4.90 Å². The van der Waals surface area contributed by atoms with Gasteiger partial charge in [-0.25, -0.2) is 0 Å². The van der Waals surface area contributed by atoms with Crippen LogP contribution in [0, 0.1) is 0 Å². The van der Waals surface area contributed by atoms with Crippen molar-refractivity contribution in [3.8, 4) is 0 Å². The number of likely N-dealkylation sites (N-methyl/N-ethyl adjacent to an activating group) is 1. The molecule has 3 aliphatic heterocycles. The van der Waals surface area contributed by atoms with Crippen molar-refractivity contribution >= 4 is 0 Å². The van der Waals surface area contributed by atoms with E-state index in [0.29, 0.717) is 0 Å². The topological polar surface area (TPSA) is 6.48 Å². The molecule has 2 nitrogen and oxygen atoms in total. The van der Waals surface area contributed by atoms with Crippen LogP contribution in [0.5, 0.6) is 0 Å². The number of hydrogen-bond acceptors (Lipinski definition) is 2. The molecule has 0 saturated carbocycles. The SMILES string of the molecule is CN1CC[C@@H](N2C3CCC2CC3)C1. The molecule has 2 bridgehead atoms. The second-order valence-electron chi connectivity index (χ2n) is 5.11. The Morgan fingerprint density at radius 1 is 0.846 bits per heavy atom. The predicted octanol–water partition coefficient (Wildman–Crippen LogP) is 1.32. The molecule has 0 amide bonds. The van der Waals surface area contributed by atoms with Crippen LogP contribution < -0.4 is 0 Å². The Hall–Kier alpha value is -0.0800. The third kappa shape index (κ3) is 1.23. The van der Waals surface area contributed by atoms with Gasteiger partial charge in [0.25, 0.3) is 0 Å². The van der Waals surface area contributed by atoms with Crippen molar-refractivity contribution in [1.82, 2.24) is 9.80 Å². The monoisotopic (exact) mass is 180 g/mol. The van der Waals surface area contributed by atoms with Crippen LogP contribution in [0.1, 0.15) is 32.1 Å². The Morgan fingerprint density at radius 2 is 1.46 bits per heavy atom. The zero-order valence-corrected chi connectivity index (χ0v) is 8.58. The number of nitrogens with zero attached hydrogens (tertiary/aromatic N) is 2. The van der Waals surface area contributed by atoms with Gasteiger partial charge in [-0.05, 0) is 45.7 Å². The van der Waals surface area contributed by atoms with E-state index in [0.717, 1.165) is 18.1 Å². The molecule has 0 N–H and O–H groups in total. The fraction of sp³-hybridized carbons (Fsp3) is 1.00. The smallest absolute Gasteiger partial charge is 0.0241 e. The van der Waals surface area contributed by atoms with Crippen molar-refractivity contribution in [2.24, 2.45) is 0 Å². The summed E-state index contributed by atoms with van der Waals surface area (Å²) in [7, 11) is 2.26. The van der Waals surface area contributed by atoms with Gasteiger partial charge >= 0.3 is 0 Å². The van der Waals surface area contributed by atoms with Crippen LogP contribution in [0.15, 0.2) is 0 Å². The van der Waals surface area contributed by atoms with E-state index in [1.165, 1.54) is 45.2 Å². The molecule has 3 heterocycles. The molecule has 3 fully saturated rings. The molecule has 3 saturated heterocycles. The maximum Gasteiger partial charge on any atom is 0.0241 e. The Labute approximate surface area is 80.9 Å². The van der Waals surface area contributed by atoms with E-state index < -0.39 is 0 Å². The molecule has 74 valence electrons. The minimum atomic E-state index is 0.907. The highest BCUT2D eigenvalue weighted by Crippen LogP contribution is 2.40. The third-order valence-electron chi connectivity index (χ3n) is 4.30. The van der Waals surface area contributed by atoms with E-state index in [-0.39, 0.29) is 0 Å². The molecule has 3 aliphatic rings. The first kappa shape index (κ1) is 8.25. The molecule has 0 radical (unpaired) electrons. The van der Waals surface area contributed by atoms with Gasteiger partial charge in [0, 0.05) is 24.7 Å². The Bertz CT molecular complexity index is 184. The van der Waals surface area contributed by atoms with E-state index >= 15 is 0 Å². The molecule has 0 spiro atoms. The van der Waals surface area contributed by atoms with E-state index in [9.17, 15) is 0 Å². The Kier molecular flexibility index (Phi) is 1.88. The lowest BCUT2D eigenvalue weighted by Gasteiger charge is -2.28. The summed E-state index contributed by atoms with van der Waals surface area (Å²) in [4.78, 5) is 5.35. The summed E-state index contributed by atoms with van der Waals surface area (Å²) in [5.74, 6) is 0. The quantitative estimate of drug-likeness (QED) is 0.600. The summed E-state index contributed by atoms with van der Waals surface area (Å²) in [5, 5.41) is 0. The largest absolute Gasteiger partial charge is 0.305 e. The van der Waals surface area contributed by atoms with Crippen molar-refractivity contribution in [2.45, 2.75) is 50.2 Å². The lowest BCUT2D eigenvalue weighted by Crippen LogP contribution is -2.40. The van der Waals surface area contributed by atoms with Crippen molar-refractivity contribution in [1.29, 1.82) is 0 Å². The summed E-state index contributed by atoms with van der Waals surface area (Å²) in [5.41, 5.74) is 0. The highest BCUT2D eigenvalue weighted by molar-refractivity contribution is 4.99. The van der Waals surface area contributed by atoms with E-state index in [4.69, 9.17) is 0 Å². The molecule has 3 rings (SSSR count). The molecule has 0 aromatic heterocycles. The normalized spacial score (nSPS) is 46.4. The second-order valence-corrected chi connectivity index (χ2v) is 5.11. The molecular formula is C11H20N2. The zero-order valence-electron chi connectivity index (χ0n) is 8.58. The van der Waals surface area contributed by atoms with Crippen LogP contribution in [-0.2, 0) is 0 Å². The van der Waals surface area contributed by atoms with E-state index in [2.05, 4.69) is 16.8 Å². The van der Waals surface area contributed by atoms with Crippen LogP contribution >= 0.6 is 0 Å². The number of rotatable bonds is 1. The fourth-order valence-corrected chi connectivity index (χ4v) is 3.70. The zero-order chi connectivity index (χ0) is 8.84. The Morgan fingerprint density at radius 3 is 1.92 bits per heavy atom. The molecular weight excluding hydrogens is 160 g/mol. The number of likely N-dealkylation sites (tertiary alicyclic amines) is 1. The first-order valence-electron chi connectivity index (χ1n) is 5.80. The molecule has 0 unspecified atom stereocenters. The van der Waals surface area contributed by atoms with Gasteiger partial charge in [-0.1, -0.05) is 0 Å². The summed E-state index contributed by atoms with van der Waals surface area (Å²) in [6.45, 7) is 2.65. The molecule has 1 atom stereocenters. The van der Waals surface area contributed by atoms with Crippen LogP contribution in [-0.4, -0.2) is 48.1 Å². The van der Waals surface area contributed by atoms with Crippen LogP contribution in [0.25, 0.3) is 0 Å². The molecule has 0 aromatic rings. The third-order valence-corrected chi connectivity index (χ3v) is 4.30. The van der Waals surface area contributed by atoms with Crippen LogP contribution in [0.2, 0.25) is 0 Å². The lowest BCUT2D eigenvalue weighted by molar-refractivity contribution is 0.178. The highest BCUT2D eigenvalue weighted by Gasteiger charge is 2.43. The van der Waals surface area contributed by atoms with Crippen molar-refractivity contribution in [3.63, 3.8) is 0 Å². The minimum Gasteiger partial charge on any atom is -0.305 e. The van der Waals surface area contributed by atoms with Gasteiger partial charge in [0.2, 0.25) is 0 Å². The maximum absolute atomic E-state index is 2.86. The summed E-state index contributed by atoms with van der Waals surface area (Å²) >= 11 is 0. The lowest BCUT2D eigenvalue weighted by atomic mass is 10.0. The van der Waals surface area contributed by atoms with Crippen LogP contribution in [0.3, 0.4) is 0 Å². The molecule has 0 aromatic carbocycles. The van der Waals surface area contributed by atoms with E-state index in [1.54, 1.807) is 0 Å². The van der Waals surface area contributed by atoms with Gasteiger partial charge in [-0.2, -0.15) is 0 Å². The fourth-order valence-electron chi connectivity index (χ4n) is 3.70. The first-order chi connectivity index (χ1) is 6.34. The predicted molar refractivity (Wildman–Crippen MR) is 53.8 cm³/mol. The second kappa shape index (κ2) is 2.96. The van der Waals surface area contributed by atoms with E-state index in [1.807, 2.05) is 0 Å². The summed E-state index contributed by atoms with van der Waals surface area (Å²) < 4.78 is 0. The average molecular weight is 180 g/mol. The Balaban J connectivity index is 1.72. The van der Waals surface area contributed by atoms with Gasteiger partial charge in [-0.15, -0.1) is 0 Å². The van der Waals surface area contributed by atoms with Crippen molar-refractivity contribution in [2.75, 3.05) is 20.1 Å². The van der Waals surface area contributed by atoms with Crippen molar-refractivity contribution < 1.29 is 0 Å². The first-order valence-corrected chi connectivity index (χ1v) is 5.80. The van der Waals surface area contributed by atoms with Gasteiger partial charge in [0.1, 0.15) is 0 Å². The molecule has 13 heavy (non-hydrogen) atoms. The summed E-state index contributed by atoms with van der Waals surface area (Å²) in [6, 6.07) is 2.85. The molecule has 0 aliphatic carbocycles. The molecule has 2 heteroatoms.